The van der Waals surface area contributed by atoms with Crippen molar-refractivity contribution in [1.29, 1.82) is 0 Å². The summed E-state index contributed by atoms with van der Waals surface area (Å²) in [6, 6.07) is 1.83. The molecule has 0 fully saturated rings. The quantitative estimate of drug-likeness (QED) is 0.534. The van der Waals surface area contributed by atoms with Crippen molar-refractivity contribution in [2.24, 2.45) is 0 Å². The van der Waals surface area contributed by atoms with Crippen LogP contribution in [-0.2, 0) is 0 Å². The van der Waals surface area contributed by atoms with Crippen LogP contribution in [0.1, 0.15) is 19.5 Å². The first kappa shape index (κ1) is 9.93. The van der Waals surface area contributed by atoms with Gasteiger partial charge in [-0.2, -0.15) is 0 Å². The lowest BCUT2D eigenvalue weighted by molar-refractivity contribution is 1.14. The van der Waals surface area contributed by atoms with Crippen LogP contribution in [0.5, 0.6) is 0 Å². The lowest BCUT2D eigenvalue weighted by Crippen LogP contribution is -1.88. The first-order valence-corrected chi connectivity index (χ1v) is 4.43. The predicted octanol–water partition coefficient (Wildman–Crippen LogP) is 3.11. The monoisotopic (exact) mass is 194 g/mol. The molecule has 1 heterocycles. The second-order valence-electron chi connectivity index (χ2n) is 2.45. The molecule has 1 aromatic rings. The molecule has 0 atom stereocenters. The Hall–Kier alpha value is -1.15. The summed E-state index contributed by atoms with van der Waals surface area (Å²) < 4.78 is 0. The van der Waals surface area contributed by atoms with Gasteiger partial charge < -0.3 is 0 Å². The average Bonchev–Trinajstić information content (AvgIpc) is 2.14. The summed E-state index contributed by atoms with van der Waals surface area (Å²) in [4.78, 5) is 7.92. The molecule has 1 aromatic heterocycles. The number of hydrogen-bond donors (Lipinski definition) is 0. The summed E-state index contributed by atoms with van der Waals surface area (Å²) in [5.41, 5.74) is 1.90. The Kier molecular flexibility index (Phi) is 3.65. The van der Waals surface area contributed by atoms with Gasteiger partial charge in [-0.1, -0.05) is 18.2 Å². The average molecular weight is 195 g/mol. The lowest BCUT2D eigenvalue weighted by Gasteiger charge is -1.99. The molecule has 2 nitrogen and oxygen atoms in total. The number of aromatic nitrogens is 2. The van der Waals surface area contributed by atoms with E-state index in [4.69, 9.17) is 11.6 Å². The Morgan fingerprint density at radius 3 is 2.77 bits per heavy atom. The SMILES string of the molecule is C/C=C\C(=C/C)c1ccnc(Cl)n1. The molecule has 0 saturated carbocycles. The van der Waals surface area contributed by atoms with Crippen LogP contribution >= 0.6 is 11.6 Å². The zero-order chi connectivity index (χ0) is 9.68. The number of halogens is 1. The van der Waals surface area contributed by atoms with Crippen molar-refractivity contribution in [1.82, 2.24) is 9.97 Å². The van der Waals surface area contributed by atoms with Gasteiger partial charge in [0.15, 0.2) is 0 Å². The van der Waals surface area contributed by atoms with Gasteiger partial charge in [0.1, 0.15) is 0 Å². The molecule has 0 spiro atoms. The van der Waals surface area contributed by atoms with Gasteiger partial charge in [-0.25, -0.2) is 9.97 Å². The smallest absolute Gasteiger partial charge is 0.222 e. The van der Waals surface area contributed by atoms with E-state index in [-0.39, 0.29) is 5.28 Å². The molecule has 0 aromatic carbocycles. The highest BCUT2D eigenvalue weighted by Crippen LogP contribution is 2.13. The van der Waals surface area contributed by atoms with Crippen LogP contribution in [0.25, 0.3) is 5.57 Å². The zero-order valence-corrected chi connectivity index (χ0v) is 8.42. The largest absolute Gasteiger partial charge is 0.226 e. The summed E-state index contributed by atoms with van der Waals surface area (Å²) in [5.74, 6) is 0. The Bertz CT molecular complexity index is 343. The van der Waals surface area contributed by atoms with Crippen LogP contribution < -0.4 is 0 Å². The molecular formula is C10H11ClN2. The summed E-state index contributed by atoms with van der Waals surface area (Å²) >= 11 is 5.67. The molecule has 0 unspecified atom stereocenters. The summed E-state index contributed by atoms with van der Waals surface area (Å²) in [6.45, 7) is 3.93. The topological polar surface area (TPSA) is 25.8 Å². The molecule has 0 radical (unpaired) electrons. The molecule has 0 aliphatic rings. The Labute approximate surface area is 83.0 Å². The second kappa shape index (κ2) is 4.77. The van der Waals surface area contributed by atoms with E-state index in [0.29, 0.717) is 0 Å². The van der Waals surface area contributed by atoms with Gasteiger partial charge in [-0.15, -0.1) is 0 Å². The first-order valence-electron chi connectivity index (χ1n) is 4.06. The number of rotatable bonds is 2. The lowest BCUT2D eigenvalue weighted by atomic mass is 10.1. The van der Waals surface area contributed by atoms with Crippen molar-refractivity contribution in [2.45, 2.75) is 13.8 Å². The number of hydrogen-bond acceptors (Lipinski definition) is 2. The summed E-state index contributed by atoms with van der Waals surface area (Å²) in [7, 11) is 0. The van der Waals surface area contributed by atoms with E-state index in [9.17, 15) is 0 Å². The molecule has 0 amide bonds. The fourth-order valence-electron chi connectivity index (χ4n) is 1.00. The van der Waals surface area contributed by atoms with Gasteiger partial charge in [-0.3, -0.25) is 0 Å². The molecule has 0 bridgehead atoms. The fraction of sp³-hybridized carbons (Fsp3) is 0.200. The van der Waals surface area contributed by atoms with Crippen molar-refractivity contribution in [3.63, 3.8) is 0 Å². The van der Waals surface area contributed by atoms with Crippen molar-refractivity contribution < 1.29 is 0 Å². The maximum absolute atomic E-state index is 5.67. The Morgan fingerprint density at radius 2 is 2.23 bits per heavy atom. The first-order chi connectivity index (χ1) is 6.27. The highest BCUT2D eigenvalue weighted by Gasteiger charge is 1.98. The van der Waals surface area contributed by atoms with Gasteiger partial charge in [-0.05, 0) is 37.1 Å². The van der Waals surface area contributed by atoms with E-state index >= 15 is 0 Å². The molecule has 3 heteroatoms. The van der Waals surface area contributed by atoms with Gasteiger partial charge in [0, 0.05) is 6.20 Å². The predicted molar refractivity (Wildman–Crippen MR) is 55.5 cm³/mol. The highest BCUT2D eigenvalue weighted by molar-refractivity contribution is 6.28. The van der Waals surface area contributed by atoms with Gasteiger partial charge in [0.25, 0.3) is 0 Å². The molecular weight excluding hydrogens is 184 g/mol. The Balaban J connectivity index is 3.06. The van der Waals surface area contributed by atoms with E-state index < -0.39 is 0 Å². The van der Waals surface area contributed by atoms with Crippen LogP contribution in [0.2, 0.25) is 5.28 Å². The van der Waals surface area contributed by atoms with Gasteiger partial charge >= 0.3 is 0 Å². The van der Waals surface area contributed by atoms with E-state index in [2.05, 4.69) is 9.97 Å². The highest BCUT2D eigenvalue weighted by atomic mass is 35.5. The molecule has 13 heavy (non-hydrogen) atoms. The van der Waals surface area contributed by atoms with Crippen molar-refractivity contribution in [3.8, 4) is 0 Å². The van der Waals surface area contributed by atoms with Crippen molar-refractivity contribution >= 4 is 17.2 Å². The molecule has 0 aliphatic carbocycles. The molecule has 0 aliphatic heterocycles. The third-order valence-electron chi connectivity index (χ3n) is 1.58. The minimum absolute atomic E-state index is 0.279. The van der Waals surface area contributed by atoms with E-state index in [1.54, 1.807) is 6.20 Å². The third kappa shape index (κ3) is 2.67. The zero-order valence-electron chi connectivity index (χ0n) is 7.66. The van der Waals surface area contributed by atoms with Crippen LogP contribution in [0.15, 0.2) is 30.5 Å². The fourth-order valence-corrected chi connectivity index (χ4v) is 1.15. The standard InChI is InChI=1S/C10H11ClN2/c1-3-5-8(4-2)9-6-7-12-10(11)13-9/h3-7H,1-2H3/b5-3-,8-4+. The minimum atomic E-state index is 0.279. The van der Waals surface area contributed by atoms with Crippen LogP contribution in [0.3, 0.4) is 0 Å². The molecule has 68 valence electrons. The van der Waals surface area contributed by atoms with Gasteiger partial charge in [0.05, 0.1) is 5.69 Å². The van der Waals surface area contributed by atoms with Crippen LogP contribution in [0, 0.1) is 0 Å². The second-order valence-corrected chi connectivity index (χ2v) is 2.79. The molecule has 1 rings (SSSR count). The van der Waals surface area contributed by atoms with E-state index in [1.807, 2.05) is 38.1 Å². The maximum Gasteiger partial charge on any atom is 0.222 e. The molecule has 0 N–H and O–H groups in total. The minimum Gasteiger partial charge on any atom is -0.226 e. The van der Waals surface area contributed by atoms with E-state index in [0.717, 1.165) is 11.3 Å². The normalized spacial score (nSPS) is 12.4. The van der Waals surface area contributed by atoms with Gasteiger partial charge in [0.2, 0.25) is 5.28 Å². The maximum atomic E-state index is 5.67. The van der Waals surface area contributed by atoms with Crippen LogP contribution in [-0.4, -0.2) is 9.97 Å². The Morgan fingerprint density at radius 1 is 1.46 bits per heavy atom. The number of nitrogens with zero attached hydrogens (tertiary/aromatic N) is 2. The van der Waals surface area contributed by atoms with Crippen molar-refractivity contribution in [3.05, 3.63) is 41.5 Å². The number of allylic oxidation sites excluding steroid dienone is 4. The third-order valence-corrected chi connectivity index (χ3v) is 1.76. The summed E-state index contributed by atoms with van der Waals surface area (Å²) in [5, 5.41) is 0.279. The molecule has 0 saturated heterocycles. The summed E-state index contributed by atoms with van der Waals surface area (Å²) in [6.07, 6.45) is 7.58. The van der Waals surface area contributed by atoms with E-state index in [1.165, 1.54) is 0 Å². The van der Waals surface area contributed by atoms with Crippen LogP contribution in [0.4, 0.5) is 0 Å². The van der Waals surface area contributed by atoms with Crippen molar-refractivity contribution in [2.75, 3.05) is 0 Å².